The molecule has 0 saturated heterocycles. The van der Waals surface area contributed by atoms with Crippen molar-refractivity contribution in [2.75, 3.05) is 7.11 Å². The maximum atomic E-state index is 10.4. The fourth-order valence-electron chi connectivity index (χ4n) is 0.770. The zero-order chi connectivity index (χ0) is 11.0. The Hall–Kier alpha value is -1.34. The predicted octanol–water partition coefficient (Wildman–Crippen LogP) is 2.80. The Morgan fingerprint density at radius 1 is 1.50 bits per heavy atom. The van der Waals surface area contributed by atoms with E-state index in [9.17, 15) is 4.79 Å². The number of hydrogen-bond acceptors (Lipinski definition) is 3. The van der Waals surface area contributed by atoms with Crippen molar-refractivity contribution in [2.24, 2.45) is 0 Å². The second-order valence-corrected chi connectivity index (χ2v) is 3.18. The Labute approximate surface area is 91.4 Å². The molecule has 1 aromatic rings. The van der Waals surface area contributed by atoms with Crippen LogP contribution in [0.25, 0.3) is 0 Å². The zero-order valence-electron chi connectivity index (χ0n) is 7.95. The average molecular weight is 256 g/mol. The third-order valence-corrected chi connectivity index (χ3v) is 1.72. The molecule has 0 unspecified atom stereocenters. The standard InChI is InChI=1S/C8H7BrO2.C2H3N/c1-11-8-3-6(5-10)2-7(9)4-8;1-2-3/h2-5H,1H3;1H3. The molecule has 0 amide bonds. The number of benzene rings is 1. The SMILES string of the molecule is CC#N.COc1cc(Br)cc(C=O)c1. The molecule has 1 rings (SSSR count). The summed E-state index contributed by atoms with van der Waals surface area (Å²) in [4.78, 5) is 10.4. The first-order chi connectivity index (χ1) is 6.67. The van der Waals surface area contributed by atoms with E-state index in [1.165, 1.54) is 6.92 Å². The number of nitrogens with zero attached hydrogens (tertiary/aromatic N) is 1. The van der Waals surface area contributed by atoms with Crippen LogP contribution in [-0.4, -0.2) is 13.4 Å². The van der Waals surface area contributed by atoms with Crippen LogP contribution in [0.15, 0.2) is 22.7 Å². The molecule has 0 radical (unpaired) electrons. The maximum Gasteiger partial charge on any atom is 0.150 e. The minimum Gasteiger partial charge on any atom is -0.497 e. The van der Waals surface area contributed by atoms with Gasteiger partial charge in [0.1, 0.15) is 12.0 Å². The van der Waals surface area contributed by atoms with Gasteiger partial charge in [-0.25, -0.2) is 0 Å². The molecule has 0 aliphatic carbocycles. The average Bonchev–Trinajstić information content (AvgIpc) is 2.18. The molecule has 0 heterocycles. The van der Waals surface area contributed by atoms with E-state index in [1.807, 2.05) is 0 Å². The minimum absolute atomic E-state index is 0.608. The van der Waals surface area contributed by atoms with Crippen molar-refractivity contribution in [1.29, 1.82) is 5.26 Å². The lowest BCUT2D eigenvalue weighted by Crippen LogP contribution is -1.85. The Kier molecular flexibility index (Phi) is 6.42. The molecule has 0 aliphatic heterocycles. The van der Waals surface area contributed by atoms with Crippen LogP contribution < -0.4 is 4.74 Å². The van der Waals surface area contributed by atoms with Crippen molar-refractivity contribution < 1.29 is 9.53 Å². The number of ether oxygens (including phenoxy) is 1. The molecule has 0 saturated carbocycles. The van der Waals surface area contributed by atoms with Crippen LogP contribution in [0.3, 0.4) is 0 Å². The number of hydrogen-bond donors (Lipinski definition) is 0. The fourth-order valence-corrected chi connectivity index (χ4v) is 1.26. The van der Waals surface area contributed by atoms with Crippen molar-refractivity contribution in [3.63, 3.8) is 0 Å². The summed E-state index contributed by atoms with van der Waals surface area (Å²) in [5, 5.41) is 7.32. The maximum absolute atomic E-state index is 10.4. The van der Waals surface area contributed by atoms with Gasteiger partial charge in [-0.3, -0.25) is 4.79 Å². The fraction of sp³-hybridized carbons (Fsp3) is 0.200. The van der Waals surface area contributed by atoms with Crippen LogP contribution in [0.4, 0.5) is 0 Å². The molecule has 4 heteroatoms. The summed E-state index contributed by atoms with van der Waals surface area (Å²) < 4.78 is 5.79. The lowest BCUT2D eigenvalue weighted by Gasteiger charge is -2.00. The first kappa shape index (κ1) is 12.7. The summed E-state index contributed by atoms with van der Waals surface area (Å²) in [6.07, 6.45) is 0.785. The van der Waals surface area contributed by atoms with Gasteiger partial charge < -0.3 is 4.74 Å². The third kappa shape index (κ3) is 4.63. The van der Waals surface area contributed by atoms with Gasteiger partial charge in [-0.1, -0.05) is 15.9 Å². The number of rotatable bonds is 2. The van der Waals surface area contributed by atoms with E-state index in [4.69, 9.17) is 10.00 Å². The van der Waals surface area contributed by atoms with Gasteiger partial charge in [0.15, 0.2) is 0 Å². The molecule has 14 heavy (non-hydrogen) atoms. The highest BCUT2D eigenvalue weighted by molar-refractivity contribution is 9.10. The topological polar surface area (TPSA) is 50.1 Å². The molecule has 0 spiro atoms. The minimum atomic E-state index is 0.608. The lowest BCUT2D eigenvalue weighted by molar-refractivity contribution is 0.112. The second-order valence-electron chi connectivity index (χ2n) is 2.27. The normalized spacial score (nSPS) is 7.86. The third-order valence-electron chi connectivity index (χ3n) is 1.27. The van der Waals surface area contributed by atoms with E-state index in [0.29, 0.717) is 11.3 Å². The van der Waals surface area contributed by atoms with Crippen molar-refractivity contribution in [3.05, 3.63) is 28.2 Å². The Bertz CT molecular complexity index is 344. The summed E-state index contributed by atoms with van der Waals surface area (Å²) in [6, 6.07) is 6.96. The van der Waals surface area contributed by atoms with Gasteiger partial charge in [0.2, 0.25) is 0 Å². The molecule has 3 nitrogen and oxygen atoms in total. The quantitative estimate of drug-likeness (QED) is 0.764. The Morgan fingerprint density at radius 3 is 2.50 bits per heavy atom. The molecule has 0 fully saturated rings. The molecule has 0 aromatic heterocycles. The van der Waals surface area contributed by atoms with Gasteiger partial charge >= 0.3 is 0 Å². The largest absolute Gasteiger partial charge is 0.497 e. The van der Waals surface area contributed by atoms with E-state index in [0.717, 1.165) is 10.8 Å². The Morgan fingerprint density at radius 2 is 2.07 bits per heavy atom. The number of nitriles is 1. The first-order valence-corrected chi connectivity index (χ1v) is 4.57. The van der Waals surface area contributed by atoms with E-state index in [-0.39, 0.29) is 0 Å². The van der Waals surface area contributed by atoms with Crippen molar-refractivity contribution in [3.8, 4) is 11.8 Å². The van der Waals surface area contributed by atoms with E-state index >= 15 is 0 Å². The molecule has 0 N–H and O–H groups in total. The molecule has 1 aromatic carbocycles. The van der Waals surface area contributed by atoms with E-state index in [2.05, 4.69) is 15.9 Å². The number of aldehydes is 1. The first-order valence-electron chi connectivity index (χ1n) is 3.78. The molecular weight excluding hydrogens is 246 g/mol. The highest BCUT2D eigenvalue weighted by Gasteiger charge is 1.96. The molecule has 0 bridgehead atoms. The summed E-state index contributed by atoms with van der Waals surface area (Å²) >= 11 is 3.26. The predicted molar refractivity (Wildman–Crippen MR) is 57.4 cm³/mol. The van der Waals surface area contributed by atoms with Crippen LogP contribution in [0.2, 0.25) is 0 Å². The number of carbonyl (C=O) groups excluding carboxylic acids is 1. The summed E-state index contributed by atoms with van der Waals surface area (Å²) in [7, 11) is 1.57. The smallest absolute Gasteiger partial charge is 0.150 e. The van der Waals surface area contributed by atoms with Gasteiger partial charge in [-0.05, 0) is 18.2 Å². The van der Waals surface area contributed by atoms with E-state index in [1.54, 1.807) is 31.4 Å². The van der Waals surface area contributed by atoms with Crippen molar-refractivity contribution in [1.82, 2.24) is 0 Å². The highest BCUT2D eigenvalue weighted by atomic mass is 79.9. The monoisotopic (exact) mass is 255 g/mol. The molecule has 0 aliphatic rings. The summed E-state index contributed by atoms with van der Waals surface area (Å²) in [6.45, 7) is 1.43. The summed E-state index contributed by atoms with van der Waals surface area (Å²) in [5.74, 6) is 0.682. The molecule has 74 valence electrons. The second kappa shape index (κ2) is 7.10. The van der Waals surface area contributed by atoms with Crippen molar-refractivity contribution in [2.45, 2.75) is 6.92 Å². The Balaban J connectivity index is 0.000000500. The van der Waals surface area contributed by atoms with Gasteiger partial charge in [0.25, 0.3) is 0 Å². The van der Waals surface area contributed by atoms with Crippen molar-refractivity contribution >= 4 is 22.2 Å². The molecule has 0 atom stereocenters. The van der Waals surface area contributed by atoms with Crippen LogP contribution in [-0.2, 0) is 0 Å². The highest BCUT2D eigenvalue weighted by Crippen LogP contribution is 2.19. The van der Waals surface area contributed by atoms with Crippen LogP contribution in [0, 0.1) is 11.3 Å². The number of halogens is 1. The van der Waals surface area contributed by atoms with Crippen LogP contribution in [0.1, 0.15) is 17.3 Å². The van der Waals surface area contributed by atoms with Crippen LogP contribution >= 0.6 is 15.9 Å². The van der Waals surface area contributed by atoms with Gasteiger partial charge in [0, 0.05) is 17.0 Å². The van der Waals surface area contributed by atoms with Gasteiger partial charge in [0.05, 0.1) is 13.2 Å². The van der Waals surface area contributed by atoms with Gasteiger partial charge in [-0.2, -0.15) is 5.26 Å². The van der Waals surface area contributed by atoms with E-state index < -0.39 is 0 Å². The number of methoxy groups -OCH3 is 1. The zero-order valence-corrected chi connectivity index (χ0v) is 9.54. The van der Waals surface area contributed by atoms with Gasteiger partial charge in [-0.15, -0.1) is 0 Å². The number of carbonyl (C=O) groups is 1. The molecular formula is C10H10BrNO2. The lowest BCUT2D eigenvalue weighted by atomic mass is 10.2. The van der Waals surface area contributed by atoms with Crippen LogP contribution in [0.5, 0.6) is 5.75 Å². The summed E-state index contributed by atoms with van der Waals surface area (Å²) in [5.41, 5.74) is 0.608.